The molecular formula is C22H20N4O2S2. The molecule has 0 spiro atoms. The maximum absolute atomic E-state index is 12.1. The van der Waals surface area contributed by atoms with Gasteiger partial charge in [0.2, 0.25) is 0 Å². The molecule has 0 saturated carbocycles. The molecular weight excluding hydrogens is 416 g/mol. The van der Waals surface area contributed by atoms with Crippen molar-refractivity contribution in [3.63, 3.8) is 0 Å². The summed E-state index contributed by atoms with van der Waals surface area (Å²) < 4.78 is 5.10. The molecule has 0 N–H and O–H groups in total. The number of thiazole rings is 1. The zero-order valence-corrected chi connectivity index (χ0v) is 18.1. The lowest BCUT2D eigenvalue weighted by molar-refractivity contribution is 0.0520. The Morgan fingerprint density at radius 3 is 2.90 bits per heavy atom. The van der Waals surface area contributed by atoms with Gasteiger partial charge in [-0.15, -0.1) is 22.7 Å². The molecule has 4 aromatic rings. The number of rotatable bonds is 5. The average molecular weight is 437 g/mol. The van der Waals surface area contributed by atoms with E-state index in [0.717, 1.165) is 51.8 Å². The van der Waals surface area contributed by atoms with E-state index < -0.39 is 0 Å². The fourth-order valence-corrected chi connectivity index (χ4v) is 5.40. The summed E-state index contributed by atoms with van der Waals surface area (Å²) in [6.45, 7) is 3.04. The van der Waals surface area contributed by atoms with Crippen molar-refractivity contribution in [2.75, 3.05) is 18.1 Å². The van der Waals surface area contributed by atoms with Crippen LogP contribution in [0.1, 0.15) is 41.3 Å². The number of benzene rings is 1. The third-order valence-electron chi connectivity index (χ3n) is 5.14. The van der Waals surface area contributed by atoms with Gasteiger partial charge in [0, 0.05) is 17.3 Å². The second kappa shape index (κ2) is 8.12. The van der Waals surface area contributed by atoms with Crippen LogP contribution in [0.4, 0.5) is 5.82 Å². The summed E-state index contributed by atoms with van der Waals surface area (Å²) in [5.41, 5.74) is 1.32. The van der Waals surface area contributed by atoms with Gasteiger partial charge in [-0.05, 0) is 43.3 Å². The topological polar surface area (TPSA) is 68.2 Å². The SMILES string of the molecule is CCOC(=O)c1csc([C@H]2CCCN2c2nc(-c3cccs3)nc3ccccc23)n1. The second-order valence-corrected chi connectivity index (χ2v) is 8.85. The van der Waals surface area contributed by atoms with Crippen LogP contribution in [0.2, 0.25) is 0 Å². The molecule has 152 valence electrons. The quantitative estimate of drug-likeness (QED) is 0.394. The first-order chi connectivity index (χ1) is 14.7. The molecule has 0 unspecified atom stereocenters. The van der Waals surface area contributed by atoms with Crippen molar-refractivity contribution in [1.29, 1.82) is 0 Å². The van der Waals surface area contributed by atoms with Crippen molar-refractivity contribution in [2.24, 2.45) is 0 Å². The number of esters is 1. The average Bonchev–Trinajstić information content (AvgIpc) is 3.54. The largest absolute Gasteiger partial charge is 0.461 e. The Bertz CT molecular complexity index is 1190. The Morgan fingerprint density at radius 2 is 2.07 bits per heavy atom. The number of anilines is 1. The highest BCUT2D eigenvalue weighted by molar-refractivity contribution is 7.13. The minimum Gasteiger partial charge on any atom is -0.461 e. The van der Waals surface area contributed by atoms with E-state index in [1.807, 2.05) is 35.7 Å². The van der Waals surface area contributed by atoms with Crippen LogP contribution in [0.25, 0.3) is 21.6 Å². The van der Waals surface area contributed by atoms with E-state index in [4.69, 9.17) is 14.7 Å². The summed E-state index contributed by atoms with van der Waals surface area (Å²) in [7, 11) is 0. The monoisotopic (exact) mass is 436 g/mol. The lowest BCUT2D eigenvalue weighted by Crippen LogP contribution is -2.24. The molecule has 1 atom stereocenters. The number of para-hydroxylation sites is 1. The summed E-state index contributed by atoms with van der Waals surface area (Å²) >= 11 is 3.15. The first-order valence-corrected chi connectivity index (χ1v) is 11.7. The number of thiophene rings is 1. The van der Waals surface area contributed by atoms with Crippen LogP contribution in [-0.2, 0) is 4.74 Å². The standard InChI is InChI=1S/C22H20N4O2S2/c1-2-28-22(27)16-13-30-21(24-16)17-9-5-11-26(17)20-14-7-3-4-8-15(14)23-19(25-20)18-10-6-12-29-18/h3-4,6-8,10,12-13,17H,2,5,9,11H2,1H3/t17-/m1/s1. The Balaban J connectivity index is 1.56. The van der Waals surface area contributed by atoms with Crippen LogP contribution in [0.3, 0.4) is 0 Å². The van der Waals surface area contributed by atoms with Crippen LogP contribution in [0.15, 0.2) is 47.2 Å². The molecule has 0 radical (unpaired) electrons. The smallest absolute Gasteiger partial charge is 0.357 e. The van der Waals surface area contributed by atoms with E-state index in [1.165, 1.54) is 11.3 Å². The van der Waals surface area contributed by atoms with Gasteiger partial charge in [-0.25, -0.2) is 19.7 Å². The second-order valence-electron chi connectivity index (χ2n) is 7.01. The highest BCUT2D eigenvalue weighted by Crippen LogP contribution is 2.40. The number of carbonyl (C=O) groups is 1. The molecule has 6 nitrogen and oxygen atoms in total. The van der Waals surface area contributed by atoms with Crippen LogP contribution in [-0.4, -0.2) is 34.1 Å². The summed E-state index contributed by atoms with van der Waals surface area (Å²) in [6, 6.07) is 12.3. The summed E-state index contributed by atoms with van der Waals surface area (Å²) in [5, 5.41) is 5.79. The van der Waals surface area contributed by atoms with Crippen molar-refractivity contribution in [3.8, 4) is 10.7 Å². The lowest BCUT2D eigenvalue weighted by atomic mass is 10.2. The molecule has 0 amide bonds. The first kappa shape index (κ1) is 19.1. The Labute approximate surface area is 182 Å². The maximum atomic E-state index is 12.1. The lowest BCUT2D eigenvalue weighted by Gasteiger charge is -2.25. The maximum Gasteiger partial charge on any atom is 0.357 e. The van der Waals surface area contributed by atoms with Crippen molar-refractivity contribution in [1.82, 2.24) is 15.0 Å². The molecule has 1 aromatic carbocycles. The number of nitrogens with zero attached hydrogens (tertiary/aromatic N) is 4. The van der Waals surface area contributed by atoms with Gasteiger partial charge in [-0.1, -0.05) is 18.2 Å². The van der Waals surface area contributed by atoms with Gasteiger partial charge in [0.15, 0.2) is 11.5 Å². The Hall–Kier alpha value is -2.84. The van der Waals surface area contributed by atoms with E-state index in [2.05, 4.69) is 16.0 Å². The van der Waals surface area contributed by atoms with Gasteiger partial charge in [-0.2, -0.15) is 0 Å². The molecule has 0 aliphatic carbocycles. The predicted octanol–water partition coefficient (Wildman–Crippen LogP) is 5.33. The molecule has 4 heterocycles. The van der Waals surface area contributed by atoms with Crippen LogP contribution in [0.5, 0.6) is 0 Å². The molecule has 0 bridgehead atoms. The van der Waals surface area contributed by atoms with Gasteiger partial charge >= 0.3 is 5.97 Å². The summed E-state index contributed by atoms with van der Waals surface area (Å²) in [6.07, 6.45) is 2.02. The highest BCUT2D eigenvalue weighted by Gasteiger charge is 2.32. The van der Waals surface area contributed by atoms with Crippen LogP contribution in [0, 0.1) is 0 Å². The predicted molar refractivity (Wildman–Crippen MR) is 120 cm³/mol. The fourth-order valence-electron chi connectivity index (χ4n) is 3.81. The Morgan fingerprint density at radius 1 is 1.17 bits per heavy atom. The van der Waals surface area contributed by atoms with E-state index in [-0.39, 0.29) is 12.0 Å². The molecule has 1 aliphatic heterocycles. The van der Waals surface area contributed by atoms with E-state index in [1.54, 1.807) is 23.6 Å². The van der Waals surface area contributed by atoms with Gasteiger partial charge in [0.25, 0.3) is 0 Å². The number of carbonyl (C=O) groups excluding carboxylic acids is 1. The Kier molecular flexibility index (Phi) is 5.18. The zero-order valence-electron chi connectivity index (χ0n) is 16.4. The van der Waals surface area contributed by atoms with E-state index in [0.29, 0.717) is 12.3 Å². The minimum absolute atomic E-state index is 0.0904. The van der Waals surface area contributed by atoms with Crippen LogP contribution < -0.4 is 4.90 Å². The first-order valence-electron chi connectivity index (χ1n) is 9.94. The molecule has 1 aliphatic rings. The zero-order chi connectivity index (χ0) is 20.5. The number of aromatic nitrogens is 3. The molecule has 3 aromatic heterocycles. The molecule has 8 heteroatoms. The normalized spacial score (nSPS) is 16.3. The van der Waals surface area contributed by atoms with Gasteiger partial charge in [0.1, 0.15) is 10.8 Å². The third-order valence-corrected chi connectivity index (χ3v) is 6.95. The van der Waals surface area contributed by atoms with Gasteiger partial charge in [-0.3, -0.25) is 0 Å². The minimum atomic E-state index is -0.364. The van der Waals surface area contributed by atoms with Crippen LogP contribution >= 0.6 is 22.7 Å². The number of hydrogen-bond acceptors (Lipinski definition) is 8. The van der Waals surface area contributed by atoms with Gasteiger partial charge < -0.3 is 9.64 Å². The highest BCUT2D eigenvalue weighted by atomic mass is 32.1. The van der Waals surface area contributed by atoms with E-state index >= 15 is 0 Å². The number of fused-ring (bicyclic) bond motifs is 1. The number of ether oxygens (including phenoxy) is 1. The molecule has 1 saturated heterocycles. The summed E-state index contributed by atoms with van der Waals surface area (Å²) in [5.74, 6) is 1.31. The van der Waals surface area contributed by atoms with Crippen molar-refractivity contribution >= 4 is 45.4 Å². The molecule has 1 fully saturated rings. The molecule has 5 rings (SSSR count). The van der Waals surface area contributed by atoms with Gasteiger partial charge in [0.05, 0.1) is 23.0 Å². The summed E-state index contributed by atoms with van der Waals surface area (Å²) in [4.78, 5) is 29.8. The van der Waals surface area contributed by atoms with Crippen molar-refractivity contribution in [3.05, 3.63) is 57.9 Å². The van der Waals surface area contributed by atoms with Crippen molar-refractivity contribution < 1.29 is 9.53 Å². The van der Waals surface area contributed by atoms with E-state index in [9.17, 15) is 4.79 Å². The van der Waals surface area contributed by atoms with Crippen molar-refractivity contribution in [2.45, 2.75) is 25.8 Å². The number of hydrogen-bond donors (Lipinski definition) is 0. The molecule has 30 heavy (non-hydrogen) atoms. The fraction of sp³-hybridized carbons (Fsp3) is 0.273. The third kappa shape index (κ3) is 3.46.